The number of phenols is 1. The minimum absolute atomic E-state index is 0.0564. The predicted octanol–water partition coefficient (Wildman–Crippen LogP) is 3.92. The fourth-order valence-electron chi connectivity index (χ4n) is 4.26. The Balaban J connectivity index is 1.63. The number of fused-ring (bicyclic) bond motifs is 3. The standard InChI is InChI=1S/C25H24O7/c1-24(2)8-7-13-17(32-24)10-18-19(20(13)26)21(27)15(11-30-18)12-5-6-16-14(9-12)22(28)23(31-16)25(3,4)29/h5-11,22-23,26,28-29H,1-4H3/t22-,23-/m0/s1. The fourth-order valence-corrected chi connectivity index (χ4v) is 4.26. The number of aliphatic hydroxyl groups excluding tert-OH is 1. The van der Waals surface area contributed by atoms with Crippen molar-refractivity contribution >= 4 is 17.0 Å². The van der Waals surface area contributed by atoms with Crippen molar-refractivity contribution in [2.75, 3.05) is 0 Å². The molecule has 7 heteroatoms. The Labute approximate surface area is 184 Å². The monoisotopic (exact) mass is 436 g/mol. The van der Waals surface area contributed by atoms with Gasteiger partial charge in [-0.1, -0.05) is 6.07 Å². The van der Waals surface area contributed by atoms with Crippen molar-refractivity contribution in [2.45, 2.75) is 51.1 Å². The van der Waals surface area contributed by atoms with Gasteiger partial charge in [-0.25, -0.2) is 0 Å². The first-order chi connectivity index (χ1) is 15.0. The SMILES string of the molecule is CC1(C)C=Cc2c(cc3occ(-c4ccc5c(c4)[C@H](O)[C@@H](C(C)(C)O)O5)c(=O)c3c2O)O1. The number of hydrogen-bond donors (Lipinski definition) is 3. The molecule has 32 heavy (non-hydrogen) atoms. The van der Waals surface area contributed by atoms with Crippen LogP contribution in [0.15, 0.2) is 45.8 Å². The third-order valence-corrected chi connectivity index (χ3v) is 5.94. The number of aliphatic hydroxyl groups is 2. The van der Waals surface area contributed by atoms with Gasteiger partial charge in [-0.05, 0) is 57.5 Å². The highest BCUT2D eigenvalue weighted by Gasteiger charge is 2.42. The van der Waals surface area contributed by atoms with E-state index in [2.05, 4.69) is 0 Å². The van der Waals surface area contributed by atoms with Gasteiger partial charge >= 0.3 is 0 Å². The molecule has 0 bridgehead atoms. The van der Waals surface area contributed by atoms with Crippen LogP contribution >= 0.6 is 0 Å². The van der Waals surface area contributed by atoms with Crippen LogP contribution in [0.4, 0.5) is 0 Å². The van der Waals surface area contributed by atoms with E-state index in [0.717, 1.165) is 0 Å². The number of aromatic hydroxyl groups is 1. The third kappa shape index (κ3) is 3.08. The summed E-state index contributed by atoms with van der Waals surface area (Å²) in [5.74, 6) is 0.681. The summed E-state index contributed by atoms with van der Waals surface area (Å²) in [5.41, 5.74) is -0.351. The number of rotatable bonds is 2. The Morgan fingerprint density at radius 3 is 2.59 bits per heavy atom. The van der Waals surface area contributed by atoms with Gasteiger partial charge in [0.15, 0.2) is 6.10 Å². The van der Waals surface area contributed by atoms with E-state index in [4.69, 9.17) is 13.9 Å². The molecule has 0 fully saturated rings. The van der Waals surface area contributed by atoms with Crippen LogP contribution in [-0.2, 0) is 0 Å². The second kappa shape index (κ2) is 6.60. The van der Waals surface area contributed by atoms with Gasteiger partial charge in [-0.15, -0.1) is 0 Å². The molecule has 0 saturated heterocycles. The van der Waals surface area contributed by atoms with E-state index in [9.17, 15) is 20.1 Å². The summed E-state index contributed by atoms with van der Waals surface area (Å²) >= 11 is 0. The van der Waals surface area contributed by atoms with Gasteiger partial charge in [0.1, 0.15) is 46.2 Å². The van der Waals surface area contributed by atoms with E-state index in [-0.39, 0.29) is 22.3 Å². The predicted molar refractivity (Wildman–Crippen MR) is 119 cm³/mol. The lowest BCUT2D eigenvalue weighted by Gasteiger charge is -2.28. The molecule has 166 valence electrons. The largest absolute Gasteiger partial charge is 0.506 e. The Morgan fingerprint density at radius 1 is 1.12 bits per heavy atom. The fraction of sp³-hybridized carbons (Fsp3) is 0.320. The lowest BCUT2D eigenvalue weighted by atomic mass is 9.93. The minimum Gasteiger partial charge on any atom is -0.506 e. The number of hydrogen-bond acceptors (Lipinski definition) is 7. The quantitative estimate of drug-likeness (QED) is 0.559. The van der Waals surface area contributed by atoms with Gasteiger partial charge in [0.2, 0.25) is 5.43 Å². The van der Waals surface area contributed by atoms with Crippen LogP contribution < -0.4 is 14.9 Å². The topological polar surface area (TPSA) is 109 Å². The van der Waals surface area contributed by atoms with Crippen molar-refractivity contribution in [3.63, 3.8) is 0 Å². The van der Waals surface area contributed by atoms with E-state index >= 15 is 0 Å². The molecule has 0 amide bonds. The molecule has 2 aromatic carbocycles. The van der Waals surface area contributed by atoms with Gasteiger partial charge in [0.25, 0.3) is 0 Å². The highest BCUT2D eigenvalue weighted by atomic mass is 16.5. The zero-order valence-electron chi connectivity index (χ0n) is 18.2. The third-order valence-electron chi connectivity index (χ3n) is 5.94. The summed E-state index contributed by atoms with van der Waals surface area (Å²) < 4.78 is 17.3. The maximum atomic E-state index is 13.3. The molecule has 5 rings (SSSR count). The Bertz CT molecular complexity index is 1340. The number of phenolic OH excluding ortho intramolecular Hbond substituents is 1. The highest BCUT2D eigenvalue weighted by molar-refractivity contribution is 5.93. The number of benzene rings is 2. The first-order valence-electron chi connectivity index (χ1n) is 10.4. The maximum absolute atomic E-state index is 13.3. The van der Waals surface area contributed by atoms with Gasteiger partial charge in [0.05, 0.1) is 16.7 Å². The van der Waals surface area contributed by atoms with Crippen molar-refractivity contribution in [1.29, 1.82) is 0 Å². The number of ether oxygens (including phenoxy) is 2. The van der Waals surface area contributed by atoms with Crippen molar-refractivity contribution in [2.24, 2.45) is 0 Å². The van der Waals surface area contributed by atoms with E-state index in [1.165, 1.54) is 6.26 Å². The van der Waals surface area contributed by atoms with Crippen LogP contribution in [0, 0.1) is 0 Å². The summed E-state index contributed by atoms with van der Waals surface area (Å²) in [6.07, 6.45) is 3.00. The first kappa shape index (κ1) is 20.6. The van der Waals surface area contributed by atoms with Gasteiger partial charge in [-0.3, -0.25) is 4.79 Å². The second-order valence-electron chi connectivity index (χ2n) is 9.42. The molecule has 0 unspecified atom stereocenters. The Hall–Kier alpha value is -3.29. The molecular formula is C25H24O7. The molecular weight excluding hydrogens is 412 g/mol. The van der Waals surface area contributed by atoms with Crippen LogP contribution in [0.2, 0.25) is 0 Å². The zero-order chi connectivity index (χ0) is 23.0. The Morgan fingerprint density at radius 2 is 1.88 bits per heavy atom. The molecule has 0 radical (unpaired) electrons. The summed E-state index contributed by atoms with van der Waals surface area (Å²) in [6.45, 7) is 6.91. The van der Waals surface area contributed by atoms with E-state index < -0.39 is 28.8 Å². The summed E-state index contributed by atoms with van der Waals surface area (Å²) in [6, 6.07) is 6.58. The molecule has 3 heterocycles. The van der Waals surface area contributed by atoms with Crippen molar-refractivity contribution < 1.29 is 29.2 Å². The van der Waals surface area contributed by atoms with Gasteiger partial charge < -0.3 is 29.2 Å². The average molecular weight is 436 g/mol. The smallest absolute Gasteiger partial charge is 0.204 e. The van der Waals surface area contributed by atoms with Crippen molar-refractivity contribution in [3.05, 3.63) is 58.0 Å². The molecule has 2 atom stereocenters. The van der Waals surface area contributed by atoms with E-state index in [1.54, 1.807) is 44.2 Å². The minimum atomic E-state index is -1.25. The molecule has 7 nitrogen and oxygen atoms in total. The molecule has 2 aliphatic heterocycles. The van der Waals surface area contributed by atoms with Gasteiger partial charge in [-0.2, -0.15) is 0 Å². The lowest BCUT2D eigenvalue weighted by Crippen LogP contribution is -2.41. The average Bonchev–Trinajstić information content (AvgIpc) is 3.04. The van der Waals surface area contributed by atoms with E-state index in [1.807, 2.05) is 19.9 Å². The van der Waals surface area contributed by atoms with Crippen LogP contribution in [0.3, 0.4) is 0 Å². The van der Waals surface area contributed by atoms with Crippen LogP contribution in [0.25, 0.3) is 28.2 Å². The summed E-state index contributed by atoms with van der Waals surface area (Å²) in [7, 11) is 0. The van der Waals surface area contributed by atoms with Crippen molar-refractivity contribution in [1.82, 2.24) is 0 Å². The zero-order valence-corrected chi connectivity index (χ0v) is 18.2. The molecule has 3 aromatic rings. The molecule has 0 spiro atoms. The lowest BCUT2D eigenvalue weighted by molar-refractivity contribution is -0.0762. The normalized spacial score (nSPS) is 21.1. The van der Waals surface area contributed by atoms with Gasteiger partial charge in [0, 0.05) is 11.6 Å². The van der Waals surface area contributed by atoms with Crippen LogP contribution in [0.1, 0.15) is 44.9 Å². The molecule has 3 N–H and O–H groups in total. The molecule has 2 aliphatic rings. The molecule has 0 saturated carbocycles. The molecule has 1 aromatic heterocycles. The summed E-state index contributed by atoms with van der Waals surface area (Å²) in [5, 5.41) is 31.9. The highest BCUT2D eigenvalue weighted by Crippen LogP contribution is 2.43. The first-order valence-corrected chi connectivity index (χ1v) is 10.4. The second-order valence-corrected chi connectivity index (χ2v) is 9.42. The molecule has 0 aliphatic carbocycles. The Kier molecular flexibility index (Phi) is 4.25. The van der Waals surface area contributed by atoms with Crippen molar-refractivity contribution in [3.8, 4) is 28.4 Å². The summed E-state index contributed by atoms with van der Waals surface area (Å²) in [4.78, 5) is 13.3. The maximum Gasteiger partial charge on any atom is 0.204 e. The van der Waals surface area contributed by atoms with Crippen LogP contribution in [0.5, 0.6) is 17.2 Å². The van der Waals surface area contributed by atoms with Crippen LogP contribution in [-0.4, -0.2) is 32.6 Å². The van der Waals surface area contributed by atoms with E-state index in [0.29, 0.717) is 28.2 Å².